The van der Waals surface area contributed by atoms with Crippen LogP contribution in [0.1, 0.15) is 56.8 Å². The monoisotopic (exact) mass is 432 g/mol. The standard InChI is InChI=1S/C26H32N4O2/c1-5-8-19(4)20(10-7-9-18(3)6-2)11-14-28-26(31)22-12-15-27-25-23(22)29-24(30-25)21-13-16-32-17-21/h7,9-10,12-13,15-18H,4-6,8,11,14H2,1-3H3,(H,28,31)(H,27,29,30)/b9-7-,20-10-/t18-/m1/s1. The van der Waals surface area contributed by atoms with Gasteiger partial charge in [-0.15, -0.1) is 0 Å². The third-order valence-corrected chi connectivity index (χ3v) is 5.50. The second-order valence-corrected chi connectivity index (χ2v) is 7.98. The molecule has 0 aliphatic rings. The molecule has 0 saturated heterocycles. The Hall–Kier alpha value is -3.41. The fourth-order valence-corrected chi connectivity index (χ4v) is 3.38. The number of H-pyrrole nitrogens is 1. The molecule has 0 aliphatic heterocycles. The first-order chi connectivity index (χ1) is 15.5. The van der Waals surface area contributed by atoms with E-state index in [-0.39, 0.29) is 5.91 Å². The van der Waals surface area contributed by atoms with E-state index in [1.165, 1.54) is 5.57 Å². The predicted octanol–water partition coefficient (Wildman–Crippen LogP) is 6.22. The number of aromatic nitrogens is 3. The highest BCUT2D eigenvalue weighted by Crippen LogP contribution is 2.22. The summed E-state index contributed by atoms with van der Waals surface area (Å²) >= 11 is 0. The Morgan fingerprint density at radius 3 is 2.88 bits per heavy atom. The van der Waals surface area contributed by atoms with Crippen LogP contribution in [-0.2, 0) is 0 Å². The average molecular weight is 433 g/mol. The lowest BCUT2D eigenvalue weighted by Gasteiger charge is -2.11. The van der Waals surface area contributed by atoms with E-state index in [4.69, 9.17) is 4.42 Å². The van der Waals surface area contributed by atoms with E-state index in [1.807, 2.05) is 6.07 Å². The summed E-state index contributed by atoms with van der Waals surface area (Å²) < 4.78 is 5.13. The Balaban J connectivity index is 1.69. The topological polar surface area (TPSA) is 83.8 Å². The fourth-order valence-electron chi connectivity index (χ4n) is 3.38. The SMILES string of the molecule is C=C(CCC)/C(=C\C=C/[C@H](C)CC)CCNC(=O)c1ccnc2nc(-c3ccoc3)[nH]c12. The van der Waals surface area contributed by atoms with Gasteiger partial charge in [-0.2, -0.15) is 0 Å². The van der Waals surface area contributed by atoms with E-state index in [0.29, 0.717) is 35.0 Å². The zero-order valence-corrected chi connectivity index (χ0v) is 19.1. The maximum atomic E-state index is 12.9. The van der Waals surface area contributed by atoms with E-state index >= 15 is 0 Å². The molecule has 1 amide bonds. The van der Waals surface area contributed by atoms with Crippen LogP contribution in [0.2, 0.25) is 0 Å². The summed E-state index contributed by atoms with van der Waals surface area (Å²) in [6.07, 6.45) is 15.1. The number of allylic oxidation sites excluding steroid dienone is 4. The van der Waals surface area contributed by atoms with Gasteiger partial charge in [-0.25, -0.2) is 9.97 Å². The summed E-state index contributed by atoms with van der Waals surface area (Å²) in [4.78, 5) is 24.9. The molecule has 6 heteroatoms. The van der Waals surface area contributed by atoms with Crippen molar-refractivity contribution in [1.82, 2.24) is 20.3 Å². The van der Waals surface area contributed by atoms with Gasteiger partial charge in [-0.05, 0) is 36.5 Å². The number of nitrogens with zero attached hydrogens (tertiary/aromatic N) is 2. The maximum Gasteiger partial charge on any atom is 0.253 e. The number of amides is 1. The van der Waals surface area contributed by atoms with Gasteiger partial charge in [-0.3, -0.25) is 4.79 Å². The van der Waals surface area contributed by atoms with Crippen molar-refractivity contribution in [2.24, 2.45) is 5.92 Å². The number of rotatable bonds is 11. The first-order valence-electron chi connectivity index (χ1n) is 11.2. The highest BCUT2D eigenvalue weighted by Gasteiger charge is 2.15. The van der Waals surface area contributed by atoms with Crippen molar-refractivity contribution in [3.63, 3.8) is 0 Å². The first-order valence-corrected chi connectivity index (χ1v) is 11.2. The van der Waals surface area contributed by atoms with Crippen LogP contribution in [0.15, 0.2) is 71.2 Å². The second-order valence-electron chi connectivity index (χ2n) is 7.98. The molecule has 0 spiro atoms. The molecule has 3 aromatic rings. The Kier molecular flexibility index (Phi) is 8.20. The minimum Gasteiger partial charge on any atom is -0.472 e. The lowest BCUT2D eigenvalue weighted by atomic mass is 9.99. The van der Waals surface area contributed by atoms with Crippen LogP contribution >= 0.6 is 0 Å². The Bertz CT molecular complexity index is 1110. The molecule has 2 N–H and O–H groups in total. The summed E-state index contributed by atoms with van der Waals surface area (Å²) in [5.74, 6) is 1.01. The smallest absolute Gasteiger partial charge is 0.253 e. The Morgan fingerprint density at radius 1 is 1.31 bits per heavy atom. The summed E-state index contributed by atoms with van der Waals surface area (Å²) in [7, 11) is 0. The molecule has 32 heavy (non-hydrogen) atoms. The number of hydrogen-bond donors (Lipinski definition) is 2. The third kappa shape index (κ3) is 5.84. The van der Waals surface area contributed by atoms with Gasteiger partial charge < -0.3 is 14.7 Å². The fraction of sp³-hybridized carbons (Fsp3) is 0.346. The van der Waals surface area contributed by atoms with E-state index in [0.717, 1.165) is 36.8 Å². The number of pyridine rings is 1. The van der Waals surface area contributed by atoms with Gasteiger partial charge >= 0.3 is 0 Å². The molecule has 3 aromatic heterocycles. The van der Waals surface area contributed by atoms with Gasteiger partial charge in [0.2, 0.25) is 0 Å². The van der Waals surface area contributed by atoms with Crippen molar-refractivity contribution < 1.29 is 9.21 Å². The molecule has 0 radical (unpaired) electrons. The Labute approximate surface area is 189 Å². The number of fused-ring (bicyclic) bond motifs is 1. The molecule has 168 valence electrons. The second kappa shape index (κ2) is 11.3. The molecule has 0 bridgehead atoms. The van der Waals surface area contributed by atoms with Gasteiger partial charge in [0.15, 0.2) is 5.65 Å². The van der Waals surface area contributed by atoms with Gasteiger partial charge in [0.25, 0.3) is 5.91 Å². The summed E-state index contributed by atoms with van der Waals surface area (Å²) in [5.41, 5.74) is 4.75. The van der Waals surface area contributed by atoms with Crippen LogP contribution < -0.4 is 5.32 Å². The van der Waals surface area contributed by atoms with Crippen molar-refractivity contribution in [3.8, 4) is 11.4 Å². The minimum absolute atomic E-state index is 0.157. The minimum atomic E-state index is -0.157. The van der Waals surface area contributed by atoms with E-state index in [1.54, 1.807) is 24.8 Å². The number of nitrogens with one attached hydrogen (secondary N) is 2. The molecule has 0 unspecified atom stereocenters. The van der Waals surface area contributed by atoms with E-state index in [9.17, 15) is 4.79 Å². The third-order valence-electron chi connectivity index (χ3n) is 5.50. The summed E-state index contributed by atoms with van der Waals surface area (Å²) in [6.45, 7) is 11.3. The predicted molar refractivity (Wildman–Crippen MR) is 129 cm³/mol. The number of imidazole rings is 1. The van der Waals surface area contributed by atoms with Gasteiger partial charge in [0.1, 0.15) is 12.1 Å². The summed E-state index contributed by atoms with van der Waals surface area (Å²) in [6, 6.07) is 3.51. The van der Waals surface area contributed by atoms with Crippen LogP contribution in [-0.4, -0.2) is 27.4 Å². The molecular weight excluding hydrogens is 400 g/mol. The Morgan fingerprint density at radius 2 is 2.16 bits per heavy atom. The van der Waals surface area contributed by atoms with E-state index < -0.39 is 0 Å². The number of furan rings is 1. The lowest BCUT2D eigenvalue weighted by molar-refractivity contribution is 0.0955. The quantitative estimate of drug-likeness (QED) is 0.352. The number of carbonyl (C=O) groups is 1. The lowest BCUT2D eigenvalue weighted by Crippen LogP contribution is -2.25. The molecule has 3 heterocycles. The highest BCUT2D eigenvalue weighted by atomic mass is 16.3. The summed E-state index contributed by atoms with van der Waals surface area (Å²) in [5, 5.41) is 3.03. The molecule has 3 rings (SSSR count). The largest absolute Gasteiger partial charge is 0.472 e. The van der Waals surface area contributed by atoms with Crippen molar-refractivity contribution in [2.45, 2.75) is 46.5 Å². The van der Waals surface area contributed by atoms with Crippen LogP contribution in [0, 0.1) is 5.92 Å². The molecule has 0 fully saturated rings. The van der Waals surface area contributed by atoms with Crippen molar-refractivity contribution in [1.29, 1.82) is 0 Å². The van der Waals surface area contributed by atoms with Gasteiger partial charge in [-0.1, -0.05) is 64.0 Å². The van der Waals surface area contributed by atoms with Crippen molar-refractivity contribution in [2.75, 3.05) is 6.54 Å². The number of hydrogen-bond acceptors (Lipinski definition) is 4. The van der Waals surface area contributed by atoms with Gasteiger partial charge in [0.05, 0.1) is 22.9 Å². The molecule has 6 nitrogen and oxygen atoms in total. The van der Waals surface area contributed by atoms with Crippen LogP contribution in [0.3, 0.4) is 0 Å². The zero-order chi connectivity index (χ0) is 22.9. The van der Waals surface area contributed by atoms with Crippen molar-refractivity contribution >= 4 is 17.1 Å². The van der Waals surface area contributed by atoms with Crippen LogP contribution in [0.4, 0.5) is 0 Å². The molecular formula is C26H32N4O2. The molecule has 0 aliphatic carbocycles. The molecule has 1 atom stereocenters. The average Bonchev–Trinajstić information content (AvgIpc) is 3.47. The van der Waals surface area contributed by atoms with Crippen LogP contribution in [0.25, 0.3) is 22.6 Å². The number of aromatic amines is 1. The van der Waals surface area contributed by atoms with Crippen LogP contribution in [0.5, 0.6) is 0 Å². The van der Waals surface area contributed by atoms with Crippen molar-refractivity contribution in [3.05, 3.63) is 72.4 Å². The molecule has 0 saturated carbocycles. The normalized spacial score (nSPS) is 13.0. The maximum absolute atomic E-state index is 12.9. The molecule has 0 aromatic carbocycles. The zero-order valence-electron chi connectivity index (χ0n) is 19.1. The van der Waals surface area contributed by atoms with E-state index in [2.05, 4.69) is 65.8 Å². The van der Waals surface area contributed by atoms with Gasteiger partial charge in [0, 0.05) is 12.7 Å². The highest BCUT2D eigenvalue weighted by molar-refractivity contribution is 6.04. The first kappa shape index (κ1) is 23.3. The number of carbonyl (C=O) groups excluding carboxylic acids is 1.